The Morgan fingerprint density at radius 3 is 3.08 bits per heavy atom. The van der Waals surface area contributed by atoms with Crippen LogP contribution in [0.3, 0.4) is 0 Å². The fraction of sp³-hybridized carbons (Fsp3) is 0.545. The number of nitrogens with zero attached hydrogens (tertiary/aromatic N) is 1. The molecule has 1 aliphatic rings. The van der Waals surface area contributed by atoms with E-state index in [-0.39, 0.29) is 0 Å². The van der Waals surface area contributed by atoms with Gasteiger partial charge in [0.15, 0.2) is 11.9 Å². The van der Waals surface area contributed by atoms with Gasteiger partial charge >= 0.3 is 0 Å². The molecule has 2 rings (SSSR count). The van der Waals surface area contributed by atoms with E-state index in [4.69, 9.17) is 0 Å². The summed E-state index contributed by atoms with van der Waals surface area (Å²) < 4.78 is 2.40. The van der Waals surface area contributed by atoms with Gasteiger partial charge in [0, 0.05) is 25.0 Å². The second-order valence-electron chi connectivity index (χ2n) is 3.70. The van der Waals surface area contributed by atoms with Crippen molar-refractivity contribution in [2.45, 2.75) is 39.2 Å². The van der Waals surface area contributed by atoms with Gasteiger partial charge in [-0.1, -0.05) is 0 Å². The summed E-state index contributed by atoms with van der Waals surface area (Å²) in [6.45, 7) is 3.39. The smallest absolute Gasteiger partial charge is 0.181 e. The fourth-order valence-electron chi connectivity index (χ4n) is 1.90. The summed E-state index contributed by atoms with van der Waals surface area (Å²) in [5.74, 6) is 0. The van der Waals surface area contributed by atoms with Gasteiger partial charge in [0.1, 0.15) is 6.54 Å². The first-order valence-corrected chi connectivity index (χ1v) is 4.85. The van der Waals surface area contributed by atoms with Crippen LogP contribution in [0.4, 0.5) is 0 Å². The highest BCUT2D eigenvalue weighted by atomic mass is 15.0. The summed E-state index contributed by atoms with van der Waals surface area (Å²) >= 11 is 0. The zero-order valence-corrected chi connectivity index (χ0v) is 7.71. The molecular formula is C11H16N+. The van der Waals surface area contributed by atoms with E-state index >= 15 is 0 Å². The maximum atomic E-state index is 2.40. The van der Waals surface area contributed by atoms with Gasteiger partial charge in [0.05, 0.1) is 0 Å². The van der Waals surface area contributed by atoms with Crippen LogP contribution in [0.2, 0.25) is 0 Å². The van der Waals surface area contributed by atoms with E-state index in [0.717, 1.165) is 0 Å². The summed E-state index contributed by atoms with van der Waals surface area (Å²) in [4.78, 5) is 0. The number of hydrogen-bond acceptors (Lipinski definition) is 0. The van der Waals surface area contributed by atoms with E-state index in [1.54, 1.807) is 0 Å². The van der Waals surface area contributed by atoms with Crippen LogP contribution in [0.1, 0.15) is 30.5 Å². The SMILES string of the molecule is Cc1cc[n+]2c(c1)CCCCC2. The van der Waals surface area contributed by atoms with Crippen molar-refractivity contribution in [3.63, 3.8) is 0 Å². The van der Waals surface area contributed by atoms with Crippen molar-refractivity contribution in [2.75, 3.05) is 0 Å². The Hall–Kier alpha value is -0.850. The number of aryl methyl sites for hydroxylation is 3. The molecule has 64 valence electrons. The Kier molecular flexibility index (Phi) is 2.11. The zero-order chi connectivity index (χ0) is 8.39. The van der Waals surface area contributed by atoms with Gasteiger partial charge in [-0.25, -0.2) is 4.57 Å². The predicted octanol–water partition coefficient (Wildman–Crippen LogP) is 2.01. The van der Waals surface area contributed by atoms with E-state index in [1.165, 1.54) is 43.5 Å². The molecule has 0 spiro atoms. The molecule has 0 fully saturated rings. The molecule has 1 aromatic rings. The molecule has 0 saturated carbocycles. The second kappa shape index (κ2) is 3.26. The number of aromatic nitrogens is 1. The minimum atomic E-state index is 1.22. The quantitative estimate of drug-likeness (QED) is 0.514. The molecule has 0 aromatic carbocycles. The lowest BCUT2D eigenvalue weighted by molar-refractivity contribution is -0.703. The average molecular weight is 162 g/mol. The van der Waals surface area contributed by atoms with E-state index in [9.17, 15) is 0 Å². The molecule has 12 heavy (non-hydrogen) atoms. The second-order valence-corrected chi connectivity index (χ2v) is 3.70. The van der Waals surface area contributed by atoms with E-state index < -0.39 is 0 Å². The van der Waals surface area contributed by atoms with Gasteiger partial charge < -0.3 is 0 Å². The lowest BCUT2D eigenvalue weighted by Gasteiger charge is -1.99. The van der Waals surface area contributed by atoms with Crippen LogP contribution in [-0.2, 0) is 13.0 Å². The summed E-state index contributed by atoms with van der Waals surface area (Å²) in [7, 11) is 0. The van der Waals surface area contributed by atoms with Gasteiger partial charge in [0.2, 0.25) is 0 Å². The van der Waals surface area contributed by atoms with Crippen LogP contribution in [0.15, 0.2) is 18.3 Å². The fourth-order valence-corrected chi connectivity index (χ4v) is 1.90. The van der Waals surface area contributed by atoms with E-state index in [1.807, 2.05) is 0 Å². The Morgan fingerprint density at radius 1 is 1.25 bits per heavy atom. The molecule has 1 heteroatoms. The van der Waals surface area contributed by atoms with Gasteiger partial charge in [-0.15, -0.1) is 0 Å². The van der Waals surface area contributed by atoms with Crippen molar-refractivity contribution in [3.8, 4) is 0 Å². The highest BCUT2D eigenvalue weighted by molar-refractivity contribution is 5.10. The molecular weight excluding hydrogens is 146 g/mol. The molecule has 0 atom stereocenters. The van der Waals surface area contributed by atoms with Gasteiger partial charge in [-0.05, 0) is 25.3 Å². The van der Waals surface area contributed by atoms with E-state index in [2.05, 4.69) is 29.8 Å². The van der Waals surface area contributed by atoms with Crippen molar-refractivity contribution in [1.82, 2.24) is 0 Å². The molecule has 1 aliphatic heterocycles. The van der Waals surface area contributed by atoms with Crippen LogP contribution < -0.4 is 4.57 Å². The monoisotopic (exact) mass is 162 g/mol. The maximum absolute atomic E-state index is 2.40. The molecule has 0 amide bonds. The first-order chi connectivity index (χ1) is 5.86. The Balaban J connectivity index is 2.36. The van der Waals surface area contributed by atoms with Gasteiger partial charge in [-0.3, -0.25) is 0 Å². The standard InChI is InChI=1S/C11H16N/c1-10-6-8-12-7-4-2-3-5-11(12)9-10/h6,8-9H,2-5,7H2,1H3/q+1. The molecule has 0 radical (unpaired) electrons. The minimum absolute atomic E-state index is 1.22. The van der Waals surface area contributed by atoms with Crippen molar-refractivity contribution >= 4 is 0 Å². The Labute approximate surface area is 74.0 Å². The molecule has 2 heterocycles. The van der Waals surface area contributed by atoms with Crippen molar-refractivity contribution in [1.29, 1.82) is 0 Å². The number of pyridine rings is 1. The number of fused-ring (bicyclic) bond motifs is 1. The Morgan fingerprint density at radius 2 is 2.17 bits per heavy atom. The van der Waals surface area contributed by atoms with Crippen LogP contribution in [-0.4, -0.2) is 0 Å². The van der Waals surface area contributed by atoms with Crippen LogP contribution in [0.5, 0.6) is 0 Å². The van der Waals surface area contributed by atoms with Gasteiger partial charge in [-0.2, -0.15) is 0 Å². The van der Waals surface area contributed by atoms with Gasteiger partial charge in [0.25, 0.3) is 0 Å². The summed E-state index contributed by atoms with van der Waals surface area (Å²) in [5, 5.41) is 0. The minimum Gasteiger partial charge on any atom is -0.202 e. The Bertz CT molecular complexity index is 278. The largest absolute Gasteiger partial charge is 0.202 e. The molecule has 1 aromatic heterocycles. The maximum Gasteiger partial charge on any atom is 0.181 e. The lowest BCUT2D eigenvalue weighted by Crippen LogP contribution is -2.36. The summed E-state index contributed by atoms with van der Waals surface area (Å²) in [5.41, 5.74) is 2.91. The zero-order valence-electron chi connectivity index (χ0n) is 7.71. The highest BCUT2D eigenvalue weighted by Gasteiger charge is 2.13. The van der Waals surface area contributed by atoms with Crippen LogP contribution >= 0.6 is 0 Å². The molecule has 0 aliphatic carbocycles. The van der Waals surface area contributed by atoms with Crippen LogP contribution in [0, 0.1) is 6.92 Å². The molecule has 1 nitrogen and oxygen atoms in total. The van der Waals surface area contributed by atoms with E-state index in [0.29, 0.717) is 0 Å². The van der Waals surface area contributed by atoms with Crippen molar-refractivity contribution < 1.29 is 4.57 Å². The number of hydrogen-bond donors (Lipinski definition) is 0. The third kappa shape index (κ3) is 1.50. The summed E-state index contributed by atoms with van der Waals surface area (Å²) in [6.07, 6.45) is 7.60. The van der Waals surface area contributed by atoms with Crippen molar-refractivity contribution in [3.05, 3.63) is 29.6 Å². The van der Waals surface area contributed by atoms with Crippen molar-refractivity contribution in [2.24, 2.45) is 0 Å². The molecule has 0 unspecified atom stereocenters. The molecule has 0 saturated heterocycles. The average Bonchev–Trinajstić information content (AvgIpc) is 2.28. The third-order valence-corrected chi connectivity index (χ3v) is 2.61. The first kappa shape index (κ1) is 7.78. The topological polar surface area (TPSA) is 3.88 Å². The normalized spacial score (nSPS) is 16.8. The number of rotatable bonds is 0. The molecule has 0 bridgehead atoms. The predicted molar refractivity (Wildman–Crippen MR) is 48.9 cm³/mol. The van der Waals surface area contributed by atoms with Crippen LogP contribution in [0.25, 0.3) is 0 Å². The first-order valence-electron chi connectivity index (χ1n) is 4.85. The summed E-state index contributed by atoms with van der Waals surface area (Å²) in [6, 6.07) is 4.53. The molecule has 0 N–H and O–H groups in total. The highest BCUT2D eigenvalue weighted by Crippen LogP contribution is 2.09. The third-order valence-electron chi connectivity index (χ3n) is 2.61. The lowest BCUT2D eigenvalue weighted by atomic mass is 10.1.